The van der Waals surface area contributed by atoms with Crippen molar-refractivity contribution in [3.63, 3.8) is 0 Å². The van der Waals surface area contributed by atoms with Crippen molar-refractivity contribution < 1.29 is 14.3 Å². The highest BCUT2D eigenvalue weighted by molar-refractivity contribution is 5.69. The second-order valence-corrected chi connectivity index (χ2v) is 6.11. The second-order valence-electron chi connectivity index (χ2n) is 6.11. The number of ether oxygens (including phenoxy) is 2. The number of carbonyl (C=O) groups is 1. The highest BCUT2D eigenvalue weighted by Crippen LogP contribution is 2.45. The Labute approximate surface area is 96.9 Å². The predicted octanol–water partition coefficient (Wildman–Crippen LogP) is 2.17. The molecule has 2 fully saturated rings. The molecule has 0 aromatic heterocycles. The monoisotopic (exact) mass is 227 g/mol. The Morgan fingerprint density at radius 1 is 1.50 bits per heavy atom. The van der Waals surface area contributed by atoms with Gasteiger partial charge < -0.3 is 14.4 Å². The molecule has 4 heteroatoms. The first-order valence-electron chi connectivity index (χ1n) is 5.89. The number of epoxide rings is 1. The van der Waals surface area contributed by atoms with Crippen LogP contribution in [0.1, 0.15) is 41.0 Å². The van der Waals surface area contributed by atoms with E-state index in [2.05, 4.69) is 6.92 Å². The maximum atomic E-state index is 11.9. The Morgan fingerprint density at radius 2 is 2.12 bits per heavy atom. The lowest BCUT2D eigenvalue weighted by atomic mass is 9.93. The summed E-state index contributed by atoms with van der Waals surface area (Å²) in [4.78, 5) is 13.7. The van der Waals surface area contributed by atoms with E-state index in [1.807, 2.05) is 27.7 Å². The Kier molecular flexibility index (Phi) is 2.46. The van der Waals surface area contributed by atoms with E-state index in [0.717, 1.165) is 6.42 Å². The summed E-state index contributed by atoms with van der Waals surface area (Å²) in [5.74, 6) is 0. The Hall–Kier alpha value is -0.770. The van der Waals surface area contributed by atoms with Crippen molar-refractivity contribution >= 4 is 6.09 Å². The highest BCUT2D eigenvalue weighted by atomic mass is 16.6. The minimum Gasteiger partial charge on any atom is -0.444 e. The molecule has 0 radical (unpaired) electrons. The summed E-state index contributed by atoms with van der Waals surface area (Å²) in [5.41, 5.74) is -0.417. The maximum Gasteiger partial charge on any atom is 0.410 e. The normalized spacial score (nSPS) is 37.9. The molecule has 4 nitrogen and oxygen atoms in total. The van der Waals surface area contributed by atoms with Crippen LogP contribution in [0.3, 0.4) is 0 Å². The van der Waals surface area contributed by atoms with Crippen molar-refractivity contribution in [3.05, 3.63) is 0 Å². The number of piperidine rings is 1. The van der Waals surface area contributed by atoms with Gasteiger partial charge in [0.1, 0.15) is 11.7 Å². The molecule has 2 aliphatic rings. The lowest BCUT2D eigenvalue weighted by molar-refractivity contribution is 0.0127. The van der Waals surface area contributed by atoms with Crippen LogP contribution in [0.5, 0.6) is 0 Å². The lowest BCUT2D eigenvalue weighted by Crippen LogP contribution is -2.49. The first kappa shape index (κ1) is 11.7. The molecule has 0 N–H and O–H groups in total. The molecular formula is C12H21NO3. The van der Waals surface area contributed by atoms with Gasteiger partial charge in [-0.25, -0.2) is 4.79 Å². The van der Waals surface area contributed by atoms with E-state index in [9.17, 15) is 4.79 Å². The zero-order chi connectivity index (χ0) is 12.1. The summed E-state index contributed by atoms with van der Waals surface area (Å²) < 4.78 is 11.0. The van der Waals surface area contributed by atoms with E-state index in [1.165, 1.54) is 0 Å². The number of carbonyl (C=O) groups excluding carboxylic acids is 1. The molecule has 0 aromatic carbocycles. The van der Waals surface area contributed by atoms with Crippen molar-refractivity contribution in [2.45, 2.75) is 64.4 Å². The predicted molar refractivity (Wildman–Crippen MR) is 60.3 cm³/mol. The van der Waals surface area contributed by atoms with Crippen LogP contribution < -0.4 is 0 Å². The maximum absolute atomic E-state index is 11.9. The first-order valence-corrected chi connectivity index (χ1v) is 5.89. The third-order valence-electron chi connectivity index (χ3n) is 3.26. The third-order valence-corrected chi connectivity index (χ3v) is 3.26. The van der Waals surface area contributed by atoms with Gasteiger partial charge in [-0.05, 0) is 41.0 Å². The molecule has 16 heavy (non-hydrogen) atoms. The van der Waals surface area contributed by atoms with Crippen LogP contribution in [-0.4, -0.2) is 40.9 Å². The summed E-state index contributed by atoms with van der Waals surface area (Å²) in [6.45, 7) is 10.5. The van der Waals surface area contributed by atoms with Gasteiger partial charge in [0.15, 0.2) is 0 Å². The van der Waals surface area contributed by atoms with E-state index in [0.29, 0.717) is 6.54 Å². The SMILES string of the molecule is C[C@@H]1C[C@@]2(C)O[C@H]2CN1C(=O)OC(C)(C)C. The van der Waals surface area contributed by atoms with E-state index in [4.69, 9.17) is 9.47 Å². The number of rotatable bonds is 0. The smallest absolute Gasteiger partial charge is 0.410 e. The van der Waals surface area contributed by atoms with Crippen LogP contribution in [0.15, 0.2) is 0 Å². The standard InChI is InChI=1S/C12H21NO3/c1-8-6-12(5)9(15-12)7-13(8)10(14)16-11(2,3)4/h8-9H,6-7H2,1-5H3/t8-,9+,12-/m1/s1. The molecule has 0 bridgehead atoms. The van der Waals surface area contributed by atoms with Crippen LogP contribution in [0.4, 0.5) is 4.79 Å². The van der Waals surface area contributed by atoms with Gasteiger partial charge in [0.05, 0.1) is 12.1 Å². The molecule has 2 aliphatic heterocycles. The fourth-order valence-corrected chi connectivity index (χ4v) is 2.33. The van der Waals surface area contributed by atoms with E-state index in [-0.39, 0.29) is 23.8 Å². The van der Waals surface area contributed by atoms with Crippen LogP contribution in [0.25, 0.3) is 0 Å². The summed E-state index contributed by atoms with van der Waals surface area (Å²) in [7, 11) is 0. The average molecular weight is 227 g/mol. The van der Waals surface area contributed by atoms with Crippen molar-refractivity contribution in [2.75, 3.05) is 6.54 Å². The molecule has 0 unspecified atom stereocenters. The number of nitrogens with zero attached hydrogens (tertiary/aromatic N) is 1. The first-order chi connectivity index (χ1) is 7.21. The highest BCUT2D eigenvalue weighted by Gasteiger charge is 2.58. The summed E-state index contributed by atoms with van der Waals surface area (Å²) in [6.07, 6.45) is 0.880. The minimum absolute atomic E-state index is 0.0118. The Morgan fingerprint density at radius 3 is 2.69 bits per heavy atom. The number of amides is 1. The zero-order valence-corrected chi connectivity index (χ0v) is 10.7. The molecule has 0 saturated carbocycles. The van der Waals surface area contributed by atoms with Crippen molar-refractivity contribution in [1.29, 1.82) is 0 Å². The van der Waals surface area contributed by atoms with Gasteiger partial charge in [-0.15, -0.1) is 0 Å². The van der Waals surface area contributed by atoms with Crippen molar-refractivity contribution in [3.8, 4) is 0 Å². The summed E-state index contributed by atoms with van der Waals surface area (Å²) in [6, 6.07) is 0.193. The number of likely N-dealkylation sites (tertiary alicyclic amines) is 1. The van der Waals surface area contributed by atoms with Crippen LogP contribution in [0.2, 0.25) is 0 Å². The van der Waals surface area contributed by atoms with Gasteiger partial charge in [0.2, 0.25) is 0 Å². The Balaban J connectivity index is 1.97. The largest absolute Gasteiger partial charge is 0.444 e. The van der Waals surface area contributed by atoms with E-state index in [1.54, 1.807) is 4.90 Å². The topological polar surface area (TPSA) is 42.1 Å². The van der Waals surface area contributed by atoms with Gasteiger partial charge in [-0.1, -0.05) is 0 Å². The van der Waals surface area contributed by atoms with Crippen LogP contribution >= 0.6 is 0 Å². The quantitative estimate of drug-likeness (QED) is 0.596. The number of hydrogen-bond donors (Lipinski definition) is 0. The van der Waals surface area contributed by atoms with Gasteiger partial charge >= 0.3 is 6.09 Å². The number of hydrogen-bond acceptors (Lipinski definition) is 3. The van der Waals surface area contributed by atoms with Crippen LogP contribution in [-0.2, 0) is 9.47 Å². The summed E-state index contributed by atoms with van der Waals surface area (Å²) in [5, 5.41) is 0. The van der Waals surface area contributed by atoms with Crippen molar-refractivity contribution in [1.82, 2.24) is 4.90 Å². The molecule has 92 valence electrons. The second kappa shape index (κ2) is 3.36. The zero-order valence-electron chi connectivity index (χ0n) is 10.7. The van der Waals surface area contributed by atoms with Gasteiger partial charge in [-0.2, -0.15) is 0 Å². The minimum atomic E-state index is -0.429. The fourth-order valence-electron chi connectivity index (χ4n) is 2.33. The van der Waals surface area contributed by atoms with E-state index >= 15 is 0 Å². The molecule has 2 rings (SSSR count). The average Bonchev–Trinajstić information content (AvgIpc) is 2.69. The number of fused-ring (bicyclic) bond motifs is 1. The Bertz CT molecular complexity index is 310. The molecule has 0 aromatic rings. The molecule has 0 aliphatic carbocycles. The lowest BCUT2D eigenvalue weighted by Gasteiger charge is -2.35. The van der Waals surface area contributed by atoms with Gasteiger partial charge in [-0.3, -0.25) is 0 Å². The molecule has 2 saturated heterocycles. The summed E-state index contributed by atoms with van der Waals surface area (Å²) >= 11 is 0. The fraction of sp³-hybridized carbons (Fsp3) is 0.917. The third kappa shape index (κ3) is 2.17. The van der Waals surface area contributed by atoms with Crippen LogP contribution in [0, 0.1) is 0 Å². The molecular weight excluding hydrogens is 206 g/mol. The van der Waals surface area contributed by atoms with Gasteiger partial charge in [0, 0.05) is 6.04 Å². The molecule has 2 heterocycles. The molecule has 1 amide bonds. The van der Waals surface area contributed by atoms with Gasteiger partial charge in [0.25, 0.3) is 0 Å². The molecule has 3 atom stereocenters. The molecule has 0 spiro atoms. The van der Waals surface area contributed by atoms with E-state index < -0.39 is 5.60 Å². The van der Waals surface area contributed by atoms with Crippen molar-refractivity contribution in [2.24, 2.45) is 0 Å².